The predicted octanol–water partition coefficient (Wildman–Crippen LogP) is 4.10. The van der Waals surface area contributed by atoms with E-state index in [9.17, 15) is 14.7 Å². The predicted molar refractivity (Wildman–Crippen MR) is 130 cm³/mol. The van der Waals surface area contributed by atoms with E-state index in [0.717, 1.165) is 16.2 Å². The lowest BCUT2D eigenvalue weighted by atomic mass is 10.2. The molecule has 2 N–H and O–H groups in total. The Balaban J connectivity index is 1.56. The molecule has 1 heterocycles. The molecule has 0 saturated carbocycles. The lowest BCUT2D eigenvalue weighted by Gasteiger charge is -2.13. The monoisotopic (exact) mass is 508 g/mol. The van der Waals surface area contributed by atoms with E-state index < -0.39 is 0 Å². The van der Waals surface area contributed by atoms with Gasteiger partial charge in [-0.2, -0.15) is 5.10 Å². The molecule has 0 saturated heterocycles. The molecular weight excluding hydrogens is 492 g/mol. The third-order valence-corrected chi connectivity index (χ3v) is 5.90. The Kier molecular flexibility index (Phi) is 6.67. The highest BCUT2D eigenvalue weighted by molar-refractivity contribution is 9.10. The first-order chi connectivity index (χ1) is 15.5. The number of rotatable bonds is 6. The highest BCUT2D eigenvalue weighted by Gasteiger charge is 2.14. The Morgan fingerprint density at radius 1 is 1.12 bits per heavy atom. The number of hydrazone groups is 1. The fourth-order valence-electron chi connectivity index (χ4n) is 2.97. The van der Waals surface area contributed by atoms with Gasteiger partial charge >= 0.3 is 0 Å². The van der Waals surface area contributed by atoms with Crippen LogP contribution in [-0.4, -0.2) is 32.5 Å². The fraction of sp³-hybridized carbons (Fsp3) is 0.0435. The van der Waals surface area contributed by atoms with Crippen molar-refractivity contribution >= 4 is 50.7 Å². The number of thioether (sulfide) groups is 1. The van der Waals surface area contributed by atoms with Gasteiger partial charge < -0.3 is 5.11 Å². The van der Waals surface area contributed by atoms with Crippen LogP contribution < -0.4 is 11.0 Å². The Morgan fingerprint density at radius 3 is 2.69 bits per heavy atom. The first-order valence-corrected chi connectivity index (χ1v) is 11.3. The van der Waals surface area contributed by atoms with Crippen molar-refractivity contribution in [2.24, 2.45) is 5.10 Å². The number of hydrogen-bond acceptors (Lipinski definition) is 6. The normalized spacial score (nSPS) is 11.2. The molecular formula is C23H17BrN4O3S. The summed E-state index contributed by atoms with van der Waals surface area (Å²) in [5, 5.41) is 14.3. The number of para-hydroxylation sites is 1. The van der Waals surface area contributed by atoms with Gasteiger partial charge in [0.1, 0.15) is 5.75 Å². The van der Waals surface area contributed by atoms with Crippen LogP contribution in [0.5, 0.6) is 5.75 Å². The number of nitrogens with one attached hydrogen (secondary N) is 1. The number of carbonyl (C=O) groups excluding carboxylic acids is 1. The molecule has 0 bridgehead atoms. The molecule has 0 aliphatic carbocycles. The molecule has 3 aromatic carbocycles. The Labute approximate surface area is 195 Å². The van der Waals surface area contributed by atoms with Crippen molar-refractivity contribution in [3.05, 3.63) is 93.2 Å². The van der Waals surface area contributed by atoms with Crippen molar-refractivity contribution in [2.45, 2.75) is 5.16 Å². The van der Waals surface area contributed by atoms with Crippen LogP contribution in [0, 0.1) is 0 Å². The molecule has 0 unspecified atom stereocenters. The van der Waals surface area contributed by atoms with Crippen LogP contribution in [0.3, 0.4) is 0 Å². The first kappa shape index (κ1) is 21.8. The third kappa shape index (κ3) is 5.06. The molecule has 0 spiro atoms. The summed E-state index contributed by atoms with van der Waals surface area (Å²) in [7, 11) is 0. The number of aromatic hydroxyl groups is 1. The zero-order chi connectivity index (χ0) is 22.5. The highest BCUT2D eigenvalue weighted by Crippen LogP contribution is 2.22. The summed E-state index contributed by atoms with van der Waals surface area (Å²) in [6, 6.07) is 20.9. The second-order valence-electron chi connectivity index (χ2n) is 6.71. The van der Waals surface area contributed by atoms with E-state index in [0.29, 0.717) is 27.3 Å². The Bertz CT molecular complexity index is 1370. The van der Waals surface area contributed by atoms with Crippen LogP contribution in [0.15, 0.2) is 92.3 Å². The minimum absolute atomic E-state index is 0.0126. The van der Waals surface area contributed by atoms with Crippen LogP contribution in [-0.2, 0) is 4.79 Å². The van der Waals surface area contributed by atoms with E-state index in [2.05, 4.69) is 31.4 Å². The summed E-state index contributed by atoms with van der Waals surface area (Å²) in [6.07, 6.45) is 1.44. The van der Waals surface area contributed by atoms with E-state index in [1.807, 2.05) is 30.3 Å². The summed E-state index contributed by atoms with van der Waals surface area (Å²) < 4.78 is 2.39. The zero-order valence-corrected chi connectivity index (χ0v) is 19.0. The number of carbonyl (C=O) groups is 1. The van der Waals surface area contributed by atoms with Gasteiger partial charge in [-0.05, 0) is 54.1 Å². The Hall–Kier alpha value is -3.43. The molecule has 9 heteroatoms. The molecule has 4 aromatic rings. The maximum atomic E-state index is 13.2. The lowest BCUT2D eigenvalue weighted by molar-refractivity contribution is -0.118. The largest absolute Gasteiger partial charge is 0.508 e. The molecule has 160 valence electrons. The second-order valence-corrected chi connectivity index (χ2v) is 8.56. The fourth-order valence-corrected chi connectivity index (χ4v) is 4.04. The zero-order valence-electron chi connectivity index (χ0n) is 16.6. The van der Waals surface area contributed by atoms with Gasteiger partial charge in [-0.1, -0.05) is 52.0 Å². The number of phenols is 1. The highest BCUT2D eigenvalue weighted by atomic mass is 79.9. The molecule has 0 atom stereocenters. The van der Waals surface area contributed by atoms with E-state index >= 15 is 0 Å². The van der Waals surface area contributed by atoms with Crippen molar-refractivity contribution in [3.8, 4) is 11.4 Å². The standard InChI is InChI=1S/C23H17BrN4O3S/c24-16-8-10-17(11-9-16)28-22(31)19-6-1-2-7-20(19)26-23(28)32-14-21(30)27-25-13-15-4-3-5-18(29)12-15/h1-13,29H,14H2,(H,27,30)/b25-13+. The number of amides is 1. The molecule has 0 fully saturated rings. The number of hydrogen-bond donors (Lipinski definition) is 2. The molecule has 0 radical (unpaired) electrons. The van der Waals surface area contributed by atoms with Crippen molar-refractivity contribution in [2.75, 3.05) is 5.75 Å². The topological polar surface area (TPSA) is 96.6 Å². The number of fused-ring (bicyclic) bond motifs is 1. The van der Waals surface area contributed by atoms with Gasteiger partial charge in [-0.15, -0.1) is 0 Å². The van der Waals surface area contributed by atoms with Crippen molar-refractivity contribution in [3.63, 3.8) is 0 Å². The number of phenolic OH excluding ortho intramolecular Hbond substituents is 1. The lowest BCUT2D eigenvalue weighted by Crippen LogP contribution is -2.24. The minimum atomic E-state index is -0.351. The van der Waals surface area contributed by atoms with Crippen LogP contribution in [0.4, 0.5) is 0 Å². The van der Waals surface area contributed by atoms with Crippen molar-refractivity contribution < 1.29 is 9.90 Å². The van der Waals surface area contributed by atoms with Gasteiger partial charge in [-0.25, -0.2) is 10.4 Å². The molecule has 4 rings (SSSR count). The number of aromatic nitrogens is 2. The van der Waals surface area contributed by atoms with Crippen LogP contribution >= 0.6 is 27.7 Å². The Morgan fingerprint density at radius 2 is 1.91 bits per heavy atom. The second kappa shape index (κ2) is 9.80. The van der Waals surface area contributed by atoms with E-state index in [1.54, 1.807) is 36.4 Å². The van der Waals surface area contributed by atoms with Gasteiger partial charge in [0, 0.05) is 4.47 Å². The quantitative estimate of drug-likeness (QED) is 0.177. The van der Waals surface area contributed by atoms with Gasteiger partial charge in [0.05, 0.1) is 28.6 Å². The molecule has 0 aliphatic heterocycles. The first-order valence-electron chi connectivity index (χ1n) is 9.53. The average Bonchev–Trinajstić information content (AvgIpc) is 2.79. The van der Waals surface area contributed by atoms with E-state index in [-0.39, 0.29) is 23.0 Å². The van der Waals surface area contributed by atoms with Gasteiger partial charge in [0.15, 0.2) is 5.16 Å². The molecule has 1 amide bonds. The molecule has 32 heavy (non-hydrogen) atoms. The van der Waals surface area contributed by atoms with Gasteiger partial charge in [0.2, 0.25) is 0 Å². The number of nitrogens with zero attached hydrogens (tertiary/aromatic N) is 3. The summed E-state index contributed by atoms with van der Waals surface area (Å²) in [4.78, 5) is 30.1. The van der Waals surface area contributed by atoms with Gasteiger partial charge in [0.25, 0.3) is 11.5 Å². The van der Waals surface area contributed by atoms with Crippen LogP contribution in [0.25, 0.3) is 16.6 Å². The van der Waals surface area contributed by atoms with E-state index in [1.165, 1.54) is 16.8 Å². The molecule has 0 aliphatic rings. The summed E-state index contributed by atoms with van der Waals surface area (Å²) >= 11 is 4.55. The van der Waals surface area contributed by atoms with Gasteiger partial charge in [-0.3, -0.25) is 14.2 Å². The number of halogens is 1. The van der Waals surface area contributed by atoms with E-state index in [4.69, 9.17) is 0 Å². The molecule has 1 aromatic heterocycles. The molecule has 7 nitrogen and oxygen atoms in total. The average molecular weight is 509 g/mol. The number of benzene rings is 3. The SMILES string of the molecule is O=C(CSc1nc2ccccc2c(=O)n1-c1ccc(Br)cc1)N/N=C/c1cccc(O)c1. The smallest absolute Gasteiger partial charge is 0.266 e. The summed E-state index contributed by atoms with van der Waals surface area (Å²) in [6.45, 7) is 0. The summed E-state index contributed by atoms with van der Waals surface area (Å²) in [5.41, 5.74) is 4.11. The van der Waals surface area contributed by atoms with Crippen molar-refractivity contribution in [1.82, 2.24) is 15.0 Å². The van der Waals surface area contributed by atoms with Crippen LogP contribution in [0.1, 0.15) is 5.56 Å². The third-order valence-electron chi connectivity index (χ3n) is 4.44. The maximum absolute atomic E-state index is 13.2. The van der Waals surface area contributed by atoms with Crippen LogP contribution in [0.2, 0.25) is 0 Å². The van der Waals surface area contributed by atoms with Crippen molar-refractivity contribution in [1.29, 1.82) is 0 Å². The minimum Gasteiger partial charge on any atom is -0.508 e. The maximum Gasteiger partial charge on any atom is 0.266 e. The summed E-state index contributed by atoms with van der Waals surface area (Å²) in [5.74, 6) is -0.223.